The fraction of sp³-hybridized carbons (Fsp3) is 0.550. The minimum atomic E-state index is -0.249. The minimum Gasteiger partial charge on any atom is -0.469 e. The van der Waals surface area contributed by atoms with Crippen LogP contribution in [0.4, 0.5) is 0 Å². The molecule has 2 rings (SSSR count). The third-order valence-electron chi connectivity index (χ3n) is 4.84. The van der Waals surface area contributed by atoms with Crippen LogP contribution in [0.25, 0.3) is 0 Å². The molecule has 1 aromatic rings. The van der Waals surface area contributed by atoms with Gasteiger partial charge >= 0.3 is 5.97 Å². The van der Waals surface area contributed by atoms with Crippen molar-refractivity contribution in [1.29, 1.82) is 0 Å². The molecule has 0 bridgehead atoms. The van der Waals surface area contributed by atoms with Gasteiger partial charge in [0, 0.05) is 11.8 Å². The summed E-state index contributed by atoms with van der Waals surface area (Å²) in [4.78, 5) is 11.7. The van der Waals surface area contributed by atoms with Crippen LogP contribution in [0.5, 0.6) is 0 Å². The first-order valence-electron chi connectivity index (χ1n) is 8.55. The monoisotopic (exact) mass is 332 g/mol. The molecule has 0 saturated carbocycles. The molecule has 0 N–H and O–H groups in total. The highest BCUT2D eigenvalue weighted by Gasteiger charge is 2.42. The first-order valence-corrected chi connectivity index (χ1v) is 8.55. The summed E-state index contributed by atoms with van der Waals surface area (Å²) in [5.41, 5.74) is 1.15. The van der Waals surface area contributed by atoms with Crippen molar-refractivity contribution in [2.75, 3.05) is 7.11 Å². The zero-order valence-electron chi connectivity index (χ0n) is 14.8. The van der Waals surface area contributed by atoms with Crippen molar-refractivity contribution in [3.05, 3.63) is 48.6 Å². The number of carbonyl (C=O) groups excluding carboxylic acids is 1. The molecule has 1 aliphatic rings. The fourth-order valence-electron chi connectivity index (χ4n) is 3.36. The number of hydrogen-bond acceptors (Lipinski definition) is 4. The molecule has 24 heavy (non-hydrogen) atoms. The summed E-state index contributed by atoms with van der Waals surface area (Å²) >= 11 is 0. The maximum Gasteiger partial charge on any atom is 0.308 e. The van der Waals surface area contributed by atoms with Gasteiger partial charge in [-0.2, -0.15) is 0 Å². The lowest BCUT2D eigenvalue weighted by Crippen LogP contribution is -2.50. The Morgan fingerprint density at radius 1 is 1.21 bits per heavy atom. The van der Waals surface area contributed by atoms with Crippen molar-refractivity contribution in [1.82, 2.24) is 0 Å². The van der Waals surface area contributed by atoms with Gasteiger partial charge in [-0.3, -0.25) is 4.79 Å². The van der Waals surface area contributed by atoms with Gasteiger partial charge in [0.25, 0.3) is 0 Å². The minimum absolute atomic E-state index is 0.00845. The molecule has 0 aromatic heterocycles. The zero-order chi connectivity index (χ0) is 17.5. The van der Waals surface area contributed by atoms with Crippen molar-refractivity contribution >= 4 is 5.97 Å². The predicted molar refractivity (Wildman–Crippen MR) is 93.5 cm³/mol. The Morgan fingerprint density at radius 2 is 1.88 bits per heavy atom. The Kier molecular flexibility index (Phi) is 7.00. The van der Waals surface area contributed by atoms with Crippen LogP contribution in [-0.4, -0.2) is 31.4 Å². The van der Waals surface area contributed by atoms with Gasteiger partial charge in [-0.15, -0.1) is 6.58 Å². The van der Waals surface area contributed by atoms with E-state index in [4.69, 9.17) is 14.2 Å². The van der Waals surface area contributed by atoms with Gasteiger partial charge in [0.1, 0.15) is 0 Å². The summed E-state index contributed by atoms with van der Waals surface area (Å²) in [6.45, 7) is 8.61. The van der Waals surface area contributed by atoms with E-state index >= 15 is 0 Å². The highest BCUT2D eigenvalue weighted by atomic mass is 16.5. The zero-order valence-corrected chi connectivity index (χ0v) is 14.8. The van der Waals surface area contributed by atoms with E-state index in [0.717, 1.165) is 12.0 Å². The van der Waals surface area contributed by atoms with E-state index < -0.39 is 0 Å². The van der Waals surface area contributed by atoms with Crippen LogP contribution in [-0.2, 0) is 25.6 Å². The first kappa shape index (κ1) is 18.7. The number of methoxy groups -OCH3 is 1. The topological polar surface area (TPSA) is 44.8 Å². The van der Waals surface area contributed by atoms with Gasteiger partial charge in [-0.25, -0.2) is 0 Å². The van der Waals surface area contributed by atoms with E-state index in [1.807, 2.05) is 24.3 Å². The maximum atomic E-state index is 11.7. The quantitative estimate of drug-likeness (QED) is 0.563. The Hall–Kier alpha value is -1.65. The van der Waals surface area contributed by atoms with Crippen molar-refractivity contribution in [3.8, 4) is 0 Å². The molecular formula is C20H28O4. The third kappa shape index (κ3) is 4.68. The third-order valence-corrected chi connectivity index (χ3v) is 4.84. The number of rotatable bonds is 7. The molecule has 1 aliphatic heterocycles. The molecule has 4 nitrogen and oxygen atoms in total. The van der Waals surface area contributed by atoms with E-state index in [-0.39, 0.29) is 42.5 Å². The van der Waals surface area contributed by atoms with Crippen LogP contribution in [0, 0.1) is 11.8 Å². The van der Waals surface area contributed by atoms with Crippen molar-refractivity contribution in [2.24, 2.45) is 11.8 Å². The standard InChI is InChI=1S/C20H28O4/c1-5-9-17-14(2)20(23-13-16-10-7-6-8-11-16)15(3)18(24-17)12-19(21)22-4/h5-8,10-11,14-15,17-18,20H,1,9,12-13H2,2-4H3/t14-,15-,17-,18-,20-/m1/s1. The Bertz CT molecular complexity index is 528. The normalized spacial score (nSPS) is 29.9. The van der Waals surface area contributed by atoms with Crippen LogP contribution in [0.15, 0.2) is 43.0 Å². The van der Waals surface area contributed by atoms with Crippen LogP contribution in [0.1, 0.15) is 32.3 Å². The Morgan fingerprint density at radius 3 is 2.50 bits per heavy atom. The smallest absolute Gasteiger partial charge is 0.308 e. The van der Waals surface area contributed by atoms with E-state index in [9.17, 15) is 4.79 Å². The molecule has 1 saturated heterocycles. The first-order chi connectivity index (χ1) is 11.6. The lowest BCUT2D eigenvalue weighted by atomic mass is 9.80. The van der Waals surface area contributed by atoms with Gasteiger partial charge in [0.15, 0.2) is 0 Å². The molecule has 0 radical (unpaired) electrons. The van der Waals surface area contributed by atoms with Crippen LogP contribution in [0.2, 0.25) is 0 Å². The SMILES string of the molecule is C=CC[C@H]1O[C@H](CC(=O)OC)[C@@H](C)[C@H](OCc2ccccc2)[C@@H]1C. The number of benzene rings is 1. The largest absolute Gasteiger partial charge is 0.469 e. The highest BCUT2D eigenvalue weighted by Crippen LogP contribution is 2.35. The van der Waals surface area contributed by atoms with Crippen LogP contribution in [0.3, 0.4) is 0 Å². The summed E-state index contributed by atoms with van der Waals surface area (Å²) in [7, 11) is 1.41. The molecule has 4 heteroatoms. The van der Waals surface area contributed by atoms with E-state index in [1.165, 1.54) is 7.11 Å². The average Bonchev–Trinajstić information content (AvgIpc) is 2.60. The number of carbonyl (C=O) groups is 1. The molecule has 1 fully saturated rings. The van der Waals surface area contributed by atoms with Gasteiger partial charge in [-0.1, -0.05) is 50.3 Å². The molecule has 1 heterocycles. The van der Waals surface area contributed by atoms with E-state index in [2.05, 4.69) is 32.6 Å². The molecular weight excluding hydrogens is 304 g/mol. The molecule has 0 aliphatic carbocycles. The molecule has 0 spiro atoms. The maximum absolute atomic E-state index is 11.7. The number of hydrogen-bond donors (Lipinski definition) is 0. The van der Waals surface area contributed by atoms with Crippen LogP contribution < -0.4 is 0 Å². The highest BCUT2D eigenvalue weighted by molar-refractivity contribution is 5.69. The van der Waals surface area contributed by atoms with Crippen molar-refractivity contribution in [3.63, 3.8) is 0 Å². The number of esters is 1. The Balaban J connectivity index is 2.08. The van der Waals surface area contributed by atoms with Crippen LogP contribution >= 0.6 is 0 Å². The predicted octanol–water partition coefficient (Wildman–Crippen LogP) is 3.75. The summed E-state index contributed by atoms with van der Waals surface area (Å²) < 4.78 is 17.2. The van der Waals surface area contributed by atoms with Gasteiger partial charge < -0.3 is 14.2 Å². The van der Waals surface area contributed by atoms with Gasteiger partial charge in [0.2, 0.25) is 0 Å². The second-order valence-electron chi connectivity index (χ2n) is 6.50. The number of ether oxygens (including phenoxy) is 3. The summed E-state index contributed by atoms with van der Waals surface area (Å²) in [6.07, 6.45) is 2.70. The second kappa shape index (κ2) is 9.00. The molecule has 132 valence electrons. The summed E-state index contributed by atoms with van der Waals surface area (Å²) in [5, 5.41) is 0. The van der Waals surface area contributed by atoms with E-state index in [1.54, 1.807) is 0 Å². The molecule has 0 unspecified atom stereocenters. The Labute approximate surface area is 144 Å². The van der Waals surface area contributed by atoms with E-state index in [0.29, 0.717) is 6.61 Å². The van der Waals surface area contributed by atoms with Crippen molar-refractivity contribution in [2.45, 2.75) is 51.6 Å². The lowest BCUT2D eigenvalue weighted by molar-refractivity contribution is -0.189. The van der Waals surface area contributed by atoms with Crippen molar-refractivity contribution < 1.29 is 19.0 Å². The molecule has 0 amide bonds. The lowest BCUT2D eigenvalue weighted by Gasteiger charge is -2.44. The summed E-state index contributed by atoms with van der Waals surface area (Å²) in [6, 6.07) is 10.1. The second-order valence-corrected chi connectivity index (χ2v) is 6.50. The molecule has 5 atom stereocenters. The van der Waals surface area contributed by atoms with Gasteiger partial charge in [-0.05, 0) is 12.0 Å². The molecule has 1 aromatic carbocycles. The average molecular weight is 332 g/mol. The van der Waals surface area contributed by atoms with Gasteiger partial charge in [0.05, 0.1) is 38.4 Å². The summed E-state index contributed by atoms with van der Waals surface area (Å²) in [5.74, 6) is 0.0973. The fourth-order valence-corrected chi connectivity index (χ4v) is 3.36.